The largest absolute Gasteiger partial charge is 0.493 e. The fourth-order valence-electron chi connectivity index (χ4n) is 8.37. The van der Waals surface area contributed by atoms with Crippen LogP contribution in [-0.2, 0) is 21.4 Å². The van der Waals surface area contributed by atoms with E-state index in [4.69, 9.17) is 9.47 Å². The molecule has 6 nitrogen and oxygen atoms in total. The number of hydrogen-bond donors (Lipinski definition) is 0. The second-order valence-corrected chi connectivity index (χ2v) is 12.8. The molecule has 2 aliphatic carbocycles. The molecule has 2 aliphatic heterocycles. The van der Waals surface area contributed by atoms with Crippen LogP contribution in [0, 0.1) is 18.8 Å². The number of ketones is 1. The van der Waals surface area contributed by atoms with Crippen molar-refractivity contribution in [3.8, 4) is 11.5 Å². The lowest BCUT2D eigenvalue weighted by atomic mass is 9.51. The van der Waals surface area contributed by atoms with Gasteiger partial charge in [0.1, 0.15) is 11.9 Å². The van der Waals surface area contributed by atoms with E-state index in [1.54, 1.807) is 20.1 Å². The highest BCUT2D eigenvalue weighted by Crippen LogP contribution is 2.64. The molecule has 5 atom stereocenters. The molecule has 6 heteroatoms. The van der Waals surface area contributed by atoms with Crippen molar-refractivity contribution >= 4 is 17.8 Å². The lowest BCUT2D eigenvalue weighted by Crippen LogP contribution is -2.69. The van der Waals surface area contributed by atoms with Crippen LogP contribution < -0.4 is 9.47 Å². The van der Waals surface area contributed by atoms with Gasteiger partial charge in [-0.05, 0) is 81.2 Å². The van der Waals surface area contributed by atoms with E-state index in [2.05, 4.69) is 48.8 Å². The second kappa shape index (κ2) is 10.4. The van der Waals surface area contributed by atoms with Gasteiger partial charge in [0.25, 0.3) is 0 Å². The molecule has 4 aliphatic rings. The molecule has 0 radical (unpaired) electrons. The average molecular weight is 543 g/mol. The van der Waals surface area contributed by atoms with Gasteiger partial charge in [-0.1, -0.05) is 49.7 Å². The van der Waals surface area contributed by atoms with Crippen molar-refractivity contribution in [3.63, 3.8) is 0 Å². The molecule has 1 amide bonds. The predicted octanol–water partition coefficient (Wildman–Crippen LogP) is 5.20. The molecule has 40 heavy (non-hydrogen) atoms. The molecule has 2 heterocycles. The van der Waals surface area contributed by atoms with Gasteiger partial charge in [-0.3, -0.25) is 14.5 Å². The number of likely N-dealkylation sites (tertiary alicyclic amines) is 1. The van der Waals surface area contributed by atoms with Crippen molar-refractivity contribution < 1.29 is 19.1 Å². The number of carbonyl (C=O) groups excluding carboxylic acids is 2. The summed E-state index contributed by atoms with van der Waals surface area (Å²) in [7, 11) is 1.71. The number of amides is 1. The Labute approximate surface area is 238 Å². The molecule has 1 saturated heterocycles. The van der Waals surface area contributed by atoms with E-state index in [0.717, 1.165) is 49.3 Å². The van der Waals surface area contributed by atoms with Crippen LogP contribution in [0.3, 0.4) is 0 Å². The Kier molecular flexibility index (Phi) is 7.02. The SMILES string of the molecule is COc1ccc2c3c1O[C@H]1[C@@H](N(CC(C)C)C(=O)C=Cc4cccc(C)c4)CC[C@H]4[C@@H](C2)N(CC(C)=O)CC[C@@]341. The van der Waals surface area contributed by atoms with Crippen LogP contribution in [0.25, 0.3) is 6.08 Å². The summed E-state index contributed by atoms with van der Waals surface area (Å²) < 4.78 is 12.8. The fourth-order valence-corrected chi connectivity index (χ4v) is 8.37. The van der Waals surface area contributed by atoms with Gasteiger partial charge in [0.2, 0.25) is 5.91 Å². The molecule has 212 valence electrons. The summed E-state index contributed by atoms with van der Waals surface area (Å²) in [6.45, 7) is 10.2. The number of piperidine rings is 1. The highest BCUT2D eigenvalue weighted by atomic mass is 16.5. The smallest absolute Gasteiger partial charge is 0.246 e. The Bertz CT molecular complexity index is 1350. The Morgan fingerprint density at radius 2 is 2.05 bits per heavy atom. The first-order valence-corrected chi connectivity index (χ1v) is 14.9. The summed E-state index contributed by atoms with van der Waals surface area (Å²) in [5.41, 5.74) is 4.67. The summed E-state index contributed by atoms with van der Waals surface area (Å²) >= 11 is 0. The van der Waals surface area contributed by atoms with Gasteiger partial charge >= 0.3 is 0 Å². The van der Waals surface area contributed by atoms with Crippen molar-refractivity contribution in [1.29, 1.82) is 0 Å². The Morgan fingerprint density at radius 3 is 2.77 bits per heavy atom. The fraction of sp³-hybridized carbons (Fsp3) is 0.529. The van der Waals surface area contributed by atoms with E-state index in [0.29, 0.717) is 31.0 Å². The lowest BCUT2D eigenvalue weighted by Gasteiger charge is -2.60. The van der Waals surface area contributed by atoms with Gasteiger partial charge < -0.3 is 14.4 Å². The van der Waals surface area contributed by atoms with Crippen molar-refractivity contribution in [2.75, 3.05) is 26.7 Å². The number of ether oxygens (including phenoxy) is 2. The highest BCUT2D eigenvalue weighted by molar-refractivity contribution is 5.92. The number of hydrogen-bond acceptors (Lipinski definition) is 5. The quantitative estimate of drug-likeness (QED) is 0.430. The van der Waals surface area contributed by atoms with Crippen LogP contribution in [0.15, 0.2) is 42.5 Å². The first-order chi connectivity index (χ1) is 19.2. The first kappa shape index (κ1) is 27.1. The van der Waals surface area contributed by atoms with Crippen molar-refractivity contribution in [3.05, 3.63) is 64.7 Å². The summed E-state index contributed by atoms with van der Waals surface area (Å²) in [6, 6.07) is 12.7. The van der Waals surface area contributed by atoms with E-state index in [1.165, 1.54) is 16.7 Å². The molecular formula is C34H42N2O4. The van der Waals surface area contributed by atoms with E-state index >= 15 is 0 Å². The summed E-state index contributed by atoms with van der Waals surface area (Å²) in [6.07, 6.45) is 7.32. The number of Topliss-reactive ketones (excluding diaryl/α,β-unsaturated/α-hetero) is 1. The molecular weight excluding hydrogens is 500 g/mol. The monoisotopic (exact) mass is 542 g/mol. The zero-order valence-corrected chi connectivity index (χ0v) is 24.5. The average Bonchev–Trinajstić information content (AvgIpc) is 3.26. The van der Waals surface area contributed by atoms with Gasteiger partial charge in [-0.25, -0.2) is 0 Å². The minimum Gasteiger partial charge on any atom is -0.493 e. The van der Waals surface area contributed by atoms with Gasteiger partial charge in [0.05, 0.1) is 19.7 Å². The van der Waals surface area contributed by atoms with E-state index in [-0.39, 0.29) is 29.3 Å². The standard InChI is InChI=1S/C34H42N2O4/c1-21(2)19-36(30(38)14-9-24-8-6-7-22(3)17-24)27-12-11-26-28-18-25-10-13-29(39-5)32-31(25)34(26,33(27)40-32)15-16-35(28)20-23(4)37/h6-10,13-14,17,21,26-28,33H,11-12,15-16,18-20H2,1-5H3/t26-,27-,28+,33-,34-/m0/s1. The topological polar surface area (TPSA) is 59.1 Å². The number of aryl methyl sites for hydroxylation is 1. The Hall–Kier alpha value is -3.12. The molecule has 1 saturated carbocycles. The van der Waals surface area contributed by atoms with Crippen LogP contribution >= 0.6 is 0 Å². The number of methoxy groups -OCH3 is 1. The highest BCUT2D eigenvalue weighted by Gasteiger charge is 2.66. The third-order valence-electron chi connectivity index (χ3n) is 9.74. The van der Waals surface area contributed by atoms with E-state index < -0.39 is 0 Å². The van der Waals surface area contributed by atoms with Crippen molar-refractivity contribution in [1.82, 2.24) is 9.80 Å². The molecule has 0 aromatic heterocycles. The predicted molar refractivity (Wildman–Crippen MR) is 157 cm³/mol. The summed E-state index contributed by atoms with van der Waals surface area (Å²) in [4.78, 5) is 30.7. The van der Waals surface area contributed by atoms with Crippen LogP contribution in [0.5, 0.6) is 11.5 Å². The van der Waals surface area contributed by atoms with E-state index in [1.807, 2.05) is 24.3 Å². The summed E-state index contributed by atoms with van der Waals surface area (Å²) in [5, 5.41) is 0. The Balaban J connectivity index is 1.40. The molecule has 2 aromatic rings. The maximum Gasteiger partial charge on any atom is 0.246 e. The zero-order valence-electron chi connectivity index (χ0n) is 24.5. The van der Waals surface area contributed by atoms with Crippen LogP contribution in [0.2, 0.25) is 0 Å². The molecule has 2 fully saturated rings. The number of rotatable bonds is 8. The van der Waals surface area contributed by atoms with Crippen LogP contribution in [0.4, 0.5) is 0 Å². The second-order valence-electron chi connectivity index (χ2n) is 12.8. The van der Waals surface area contributed by atoms with Crippen molar-refractivity contribution in [2.24, 2.45) is 11.8 Å². The third kappa shape index (κ3) is 4.36. The van der Waals surface area contributed by atoms with Gasteiger partial charge in [0, 0.05) is 29.6 Å². The molecule has 1 spiro atoms. The minimum atomic E-state index is -0.173. The summed E-state index contributed by atoms with van der Waals surface area (Å²) in [5.74, 6) is 2.65. The molecule has 2 bridgehead atoms. The van der Waals surface area contributed by atoms with Crippen molar-refractivity contribution in [2.45, 2.75) is 77.0 Å². The van der Waals surface area contributed by atoms with Crippen LogP contribution in [-0.4, -0.2) is 66.4 Å². The third-order valence-corrected chi connectivity index (χ3v) is 9.74. The first-order valence-electron chi connectivity index (χ1n) is 14.9. The molecule has 6 rings (SSSR count). The molecule has 0 unspecified atom stereocenters. The number of benzene rings is 2. The Morgan fingerprint density at radius 1 is 1.23 bits per heavy atom. The van der Waals surface area contributed by atoms with Gasteiger partial charge in [0.15, 0.2) is 11.5 Å². The van der Waals surface area contributed by atoms with E-state index in [9.17, 15) is 9.59 Å². The number of carbonyl (C=O) groups is 2. The zero-order chi connectivity index (χ0) is 28.2. The molecule has 0 N–H and O–H groups in total. The maximum absolute atomic E-state index is 13.9. The molecule has 2 aromatic carbocycles. The lowest BCUT2D eigenvalue weighted by molar-refractivity contribution is -0.139. The van der Waals surface area contributed by atoms with Gasteiger partial charge in [-0.2, -0.15) is 0 Å². The van der Waals surface area contributed by atoms with Crippen LogP contribution in [0.1, 0.15) is 62.3 Å². The number of nitrogens with zero attached hydrogens (tertiary/aromatic N) is 2. The normalized spacial score (nSPS) is 28.4. The van der Waals surface area contributed by atoms with Gasteiger partial charge in [-0.15, -0.1) is 0 Å². The maximum atomic E-state index is 13.9. The minimum absolute atomic E-state index is 0.0311.